The van der Waals surface area contributed by atoms with Crippen LogP contribution in [0.15, 0.2) is 29.3 Å². The molecular formula is C21H30F3IN6O. The van der Waals surface area contributed by atoms with Gasteiger partial charge < -0.3 is 19.9 Å². The first-order valence-corrected chi connectivity index (χ1v) is 10.4. The van der Waals surface area contributed by atoms with E-state index in [1.807, 2.05) is 30.7 Å². The number of ether oxygens (including phenoxy) is 1. The summed E-state index contributed by atoms with van der Waals surface area (Å²) in [6.07, 6.45) is 0.294. The van der Waals surface area contributed by atoms with Gasteiger partial charge in [0.05, 0.1) is 19.7 Å². The van der Waals surface area contributed by atoms with Crippen molar-refractivity contribution in [3.63, 3.8) is 0 Å². The molecule has 178 valence electrons. The zero-order valence-electron chi connectivity index (χ0n) is 18.3. The maximum absolute atomic E-state index is 12.3. The number of hydrogen-bond acceptors (Lipinski definition) is 4. The van der Waals surface area contributed by atoms with Gasteiger partial charge in [0.1, 0.15) is 12.4 Å². The van der Waals surface area contributed by atoms with Crippen molar-refractivity contribution in [2.24, 2.45) is 12.0 Å². The van der Waals surface area contributed by atoms with Crippen LogP contribution in [-0.2, 0) is 31.5 Å². The molecule has 1 heterocycles. The molecule has 0 atom stereocenters. The lowest BCUT2D eigenvalue weighted by molar-refractivity contribution is -0.176. The summed E-state index contributed by atoms with van der Waals surface area (Å²) >= 11 is 0. The molecule has 7 nitrogen and oxygen atoms in total. The summed E-state index contributed by atoms with van der Waals surface area (Å²) in [5.41, 5.74) is 1.58. The van der Waals surface area contributed by atoms with Crippen molar-refractivity contribution < 1.29 is 17.9 Å². The molecule has 0 unspecified atom stereocenters. The maximum Gasteiger partial charge on any atom is 0.411 e. The second-order valence-corrected chi connectivity index (χ2v) is 7.79. The molecule has 32 heavy (non-hydrogen) atoms. The Kier molecular flexibility index (Phi) is 10.2. The first kappa shape index (κ1) is 26.4. The molecule has 3 rings (SSSR count). The fourth-order valence-corrected chi connectivity index (χ4v) is 3.46. The summed E-state index contributed by atoms with van der Waals surface area (Å²) in [5.74, 6) is 2.33. The Morgan fingerprint density at radius 1 is 1.22 bits per heavy atom. The summed E-state index contributed by atoms with van der Waals surface area (Å²) in [6, 6.07) is 7.65. The van der Waals surface area contributed by atoms with Crippen LogP contribution >= 0.6 is 24.0 Å². The maximum atomic E-state index is 12.3. The van der Waals surface area contributed by atoms with E-state index in [-0.39, 0.29) is 30.6 Å². The second kappa shape index (κ2) is 12.4. The number of hydrogen-bond donors (Lipinski definition) is 2. The smallest absolute Gasteiger partial charge is 0.367 e. The van der Waals surface area contributed by atoms with Gasteiger partial charge >= 0.3 is 6.18 Å². The third-order valence-corrected chi connectivity index (χ3v) is 5.24. The summed E-state index contributed by atoms with van der Waals surface area (Å²) in [5, 5.41) is 15.0. The van der Waals surface area contributed by atoms with E-state index >= 15 is 0 Å². The van der Waals surface area contributed by atoms with E-state index in [1.54, 1.807) is 12.1 Å². The van der Waals surface area contributed by atoms with Crippen molar-refractivity contribution in [3.05, 3.63) is 47.0 Å². The molecule has 1 aliphatic carbocycles. The normalized spacial score (nSPS) is 15.0. The van der Waals surface area contributed by atoms with Crippen molar-refractivity contribution in [1.82, 2.24) is 25.4 Å². The first-order chi connectivity index (χ1) is 14.8. The number of nitrogens with zero attached hydrogens (tertiary/aromatic N) is 4. The van der Waals surface area contributed by atoms with E-state index in [0.717, 1.165) is 30.1 Å². The average molecular weight is 566 g/mol. The molecule has 1 aliphatic rings. The van der Waals surface area contributed by atoms with E-state index in [1.165, 1.54) is 12.8 Å². The van der Waals surface area contributed by atoms with Gasteiger partial charge in [0.15, 0.2) is 11.8 Å². The highest BCUT2D eigenvalue weighted by Crippen LogP contribution is 2.18. The predicted molar refractivity (Wildman–Crippen MR) is 127 cm³/mol. The first-order valence-electron chi connectivity index (χ1n) is 10.4. The van der Waals surface area contributed by atoms with Crippen LogP contribution in [0.1, 0.15) is 48.5 Å². The van der Waals surface area contributed by atoms with Gasteiger partial charge in [0.25, 0.3) is 0 Å². The highest BCUT2D eigenvalue weighted by atomic mass is 127. The van der Waals surface area contributed by atoms with Gasteiger partial charge in [-0.2, -0.15) is 13.2 Å². The SMILES string of the molecule is Cc1nnc(CNC(=NCc2cccc(COCC(F)(F)F)c2)NC2CCCC2)n1C.I. The highest BCUT2D eigenvalue weighted by molar-refractivity contribution is 14.0. The number of aliphatic imine (C=N–C) groups is 1. The number of aryl methyl sites for hydroxylation is 1. The van der Waals surface area contributed by atoms with Crippen molar-refractivity contribution >= 4 is 29.9 Å². The Labute approximate surface area is 203 Å². The van der Waals surface area contributed by atoms with Gasteiger partial charge in [0, 0.05) is 13.1 Å². The molecule has 1 fully saturated rings. The molecular weight excluding hydrogens is 536 g/mol. The molecule has 0 bridgehead atoms. The van der Waals surface area contributed by atoms with E-state index in [9.17, 15) is 13.2 Å². The Hall–Kier alpha value is -1.89. The Morgan fingerprint density at radius 2 is 1.94 bits per heavy atom. The number of aromatic nitrogens is 3. The summed E-state index contributed by atoms with van der Waals surface area (Å²) in [6.45, 7) is 1.44. The van der Waals surface area contributed by atoms with E-state index in [0.29, 0.717) is 30.7 Å². The van der Waals surface area contributed by atoms with Crippen molar-refractivity contribution in [1.29, 1.82) is 0 Å². The zero-order valence-corrected chi connectivity index (χ0v) is 20.6. The van der Waals surface area contributed by atoms with E-state index in [2.05, 4.69) is 25.8 Å². The number of alkyl halides is 3. The molecule has 1 aromatic carbocycles. The van der Waals surface area contributed by atoms with Crippen molar-refractivity contribution in [3.8, 4) is 0 Å². The van der Waals surface area contributed by atoms with Crippen LogP contribution in [0.2, 0.25) is 0 Å². The van der Waals surface area contributed by atoms with Gasteiger partial charge in [0.2, 0.25) is 0 Å². The van der Waals surface area contributed by atoms with Gasteiger partial charge in [-0.15, -0.1) is 34.2 Å². The van der Waals surface area contributed by atoms with Gasteiger partial charge in [-0.3, -0.25) is 0 Å². The largest absolute Gasteiger partial charge is 0.411 e. The lowest BCUT2D eigenvalue weighted by Crippen LogP contribution is -2.42. The van der Waals surface area contributed by atoms with Gasteiger partial charge in [-0.25, -0.2) is 4.99 Å². The minimum absolute atomic E-state index is 0. The Morgan fingerprint density at radius 3 is 2.59 bits per heavy atom. The molecule has 0 aliphatic heterocycles. The standard InChI is InChI=1S/C21H29F3N6O.HI/c1-15-28-29-19(30(15)2)12-26-20(27-18-8-3-4-9-18)25-11-16-6-5-7-17(10-16)13-31-14-21(22,23)24;/h5-7,10,18H,3-4,8-9,11-14H2,1-2H3,(H2,25,26,27);1H. The van der Waals surface area contributed by atoms with Crippen molar-refractivity contribution in [2.75, 3.05) is 6.61 Å². The van der Waals surface area contributed by atoms with Crippen LogP contribution in [0.4, 0.5) is 13.2 Å². The molecule has 11 heteroatoms. The summed E-state index contributed by atoms with van der Waals surface area (Å²) in [7, 11) is 1.92. The molecule has 0 saturated heterocycles. The van der Waals surface area contributed by atoms with Crippen LogP contribution in [0.5, 0.6) is 0 Å². The zero-order chi connectivity index (χ0) is 22.3. The summed E-state index contributed by atoms with van der Waals surface area (Å²) < 4.78 is 43.5. The van der Waals surface area contributed by atoms with E-state index in [4.69, 9.17) is 4.74 Å². The van der Waals surface area contributed by atoms with Crippen molar-refractivity contribution in [2.45, 2.75) is 64.5 Å². The minimum atomic E-state index is -4.32. The lowest BCUT2D eigenvalue weighted by atomic mass is 10.1. The number of rotatable bonds is 8. The Bertz CT molecular complexity index is 881. The van der Waals surface area contributed by atoms with Crippen LogP contribution < -0.4 is 10.6 Å². The van der Waals surface area contributed by atoms with Gasteiger partial charge in [-0.05, 0) is 30.9 Å². The van der Waals surface area contributed by atoms with Crippen LogP contribution in [0.3, 0.4) is 0 Å². The number of nitrogens with one attached hydrogen (secondary N) is 2. The van der Waals surface area contributed by atoms with E-state index < -0.39 is 12.8 Å². The summed E-state index contributed by atoms with van der Waals surface area (Å²) in [4.78, 5) is 4.69. The average Bonchev–Trinajstić information content (AvgIpc) is 3.34. The molecule has 2 N–H and O–H groups in total. The lowest BCUT2D eigenvalue weighted by Gasteiger charge is -2.17. The molecule has 2 aromatic rings. The van der Waals surface area contributed by atoms with Gasteiger partial charge in [-0.1, -0.05) is 37.1 Å². The van der Waals surface area contributed by atoms with Crippen LogP contribution in [0, 0.1) is 6.92 Å². The third-order valence-electron chi connectivity index (χ3n) is 5.24. The molecule has 1 aromatic heterocycles. The van der Waals surface area contributed by atoms with Crippen LogP contribution in [0.25, 0.3) is 0 Å². The van der Waals surface area contributed by atoms with Crippen LogP contribution in [-0.4, -0.2) is 39.5 Å². The predicted octanol–water partition coefficient (Wildman–Crippen LogP) is 4.00. The number of halogens is 4. The molecule has 0 radical (unpaired) electrons. The third kappa shape index (κ3) is 8.57. The molecule has 0 amide bonds. The molecule has 1 saturated carbocycles. The number of guanidine groups is 1. The topological polar surface area (TPSA) is 76.4 Å². The fourth-order valence-electron chi connectivity index (χ4n) is 3.46. The fraction of sp³-hybridized carbons (Fsp3) is 0.571. The second-order valence-electron chi connectivity index (χ2n) is 7.79. The highest BCUT2D eigenvalue weighted by Gasteiger charge is 2.27. The Balaban J connectivity index is 0.00000363. The molecule has 0 spiro atoms. The monoisotopic (exact) mass is 566 g/mol. The number of benzene rings is 1. The quantitative estimate of drug-likeness (QED) is 0.287. The minimum Gasteiger partial charge on any atom is -0.367 e.